The van der Waals surface area contributed by atoms with Gasteiger partial charge in [-0.3, -0.25) is 9.36 Å². The molecule has 0 aliphatic carbocycles. The van der Waals surface area contributed by atoms with Crippen molar-refractivity contribution in [2.75, 3.05) is 6.16 Å². The topological polar surface area (TPSA) is 137 Å². The number of hydrogen-bond donors (Lipinski definition) is 2. The van der Waals surface area contributed by atoms with Crippen LogP contribution in [0.2, 0.25) is 0 Å². The Morgan fingerprint density at radius 2 is 1.15 bits per heavy atom. The van der Waals surface area contributed by atoms with E-state index in [-0.39, 0.29) is 45.2 Å². The van der Waals surface area contributed by atoms with E-state index in [9.17, 15) is 23.8 Å². The molecule has 4 aromatic carbocycles. The lowest BCUT2D eigenvalue weighted by Gasteiger charge is -2.19. The molecule has 0 aliphatic heterocycles. The fraction of sp³-hybridized carbons (Fsp3) is 0.250. The van der Waals surface area contributed by atoms with Crippen LogP contribution in [-0.4, -0.2) is 35.1 Å². The van der Waals surface area contributed by atoms with E-state index >= 15 is 0 Å². The van der Waals surface area contributed by atoms with E-state index in [4.69, 9.17) is 18.7 Å². The van der Waals surface area contributed by atoms with Crippen molar-refractivity contribution in [3.8, 4) is 0 Å². The zero-order chi connectivity index (χ0) is 33.3. The van der Waals surface area contributed by atoms with Crippen molar-refractivity contribution < 1.29 is 42.6 Å². The molecule has 4 aromatic rings. The van der Waals surface area contributed by atoms with Gasteiger partial charge in [-0.25, -0.2) is 9.59 Å². The number of amides is 1. The highest BCUT2D eigenvalue weighted by atomic mass is 31.2. The van der Waals surface area contributed by atoms with Gasteiger partial charge in [0.05, 0.1) is 12.8 Å². The van der Waals surface area contributed by atoms with Crippen molar-refractivity contribution >= 4 is 25.6 Å². The summed E-state index contributed by atoms with van der Waals surface area (Å²) in [4.78, 5) is 48.3. The summed E-state index contributed by atoms with van der Waals surface area (Å²) in [6.07, 6.45) is -0.920. The summed E-state index contributed by atoms with van der Waals surface area (Å²) in [7, 11) is -4.19. The highest BCUT2D eigenvalue weighted by molar-refractivity contribution is 7.52. The maximum atomic E-state index is 13.0. The molecule has 2 unspecified atom stereocenters. The third-order valence-electron chi connectivity index (χ3n) is 7.00. The summed E-state index contributed by atoms with van der Waals surface area (Å²) in [5, 5.41) is 2.46. The molecule has 2 atom stereocenters. The number of esters is 2. The Bertz CT molecular complexity index is 1620. The molecule has 0 aromatic heterocycles. The van der Waals surface area contributed by atoms with Crippen molar-refractivity contribution in [2.24, 2.45) is 0 Å². The van der Waals surface area contributed by atoms with Gasteiger partial charge < -0.3 is 28.9 Å². The lowest BCUT2D eigenvalue weighted by atomic mass is 10.1. The molecule has 0 bridgehead atoms. The first kappa shape index (κ1) is 35.1. The van der Waals surface area contributed by atoms with Crippen molar-refractivity contribution in [2.45, 2.75) is 51.7 Å². The van der Waals surface area contributed by atoms with Gasteiger partial charge in [0.2, 0.25) is 0 Å². The van der Waals surface area contributed by atoms with Gasteiger partial charge in [0.1, 0.15) is 25.9 Å². The molecule has 0 radical (unpaired) electrons. The van der Waals surface area contributed by atoms with Gasteiger partial charge in [0.25, 0.3) is 0 Å². The lowest BCUT2D eigenvalue weighted by Crippen LogP contribution is -2.42. The molecule has 0 saturated heterocycles. The molecule has 0 heterocycles. The van der Waals surface area contributed by atoms with Crippen LogP contribution in [0.4, 0.5) is 4.79 Å². The lowest BCUT2D eigenvalue weighted by molar-refractivity contribution is -0.147. The Labute approximate surface area is 274 Å². The van der Waals surface area contributed by atoms with E-state index < -0.39 is 31.9 Å². The van der Waals surface area contributed by atoms with Crippen LogP contribution in [0.1, 0.15) is 40.7 Å². The van der Waals surface area contributed by atoms with E-state index in [1.807, 2.05) is 48.5 Å². The number of aryl methyl sites for hydroxylation is 1. The summed E-state index contributed by atoms with van der Waals surface area (Å²) in [5.74, 6) is -1.11. The number of hydrogen-bond acceptors (Lipinski definition) is 8. The first-order valence-corrected chi connectivity index (χ1v) is 16.9. The number of rotatable bonds is 17. The van der Waals surface area contributed by atoms with Crippen molar-refractivity contribution in [3.05, 3.63) is 143 Å². The third-order valence-corrected chi connectivity index (χ3v) is 8.35. The number of nitrogens with one attached hydrogen (secondary N) is 1. The van der Waals surface area contributed by atoms with Gasteiger partial charge >= 0.3 is 25.6 Å². The summed E-state index contributed by atoms with van der Waals surface area (Å²) >= 11 is 0. The molecule has 1 amide bonds. The number of ether oxygens (including phenoxy) is 3. The van der Waals surface area contributed by atoms with Gasteiger partial charge in [-0.1, -0.05) is 115 Å². The van der Waals surface area contributed by atoms with E-state index in [0.29, 0.717) is 12.0 Å². The van der Waals surface area contributed by atoms with Gasteiger partial charge in [-0.05, 0) is 40.7 Å². The minimum atomic E-state index is -4.19. The zero-order valence-corrected chi connectivity index (χ0v) is 26.8. The van der Waals surface area contributed by atoms with E-state index in [0.717, 1.165) is 22.3 Å². The molecule has 246 valence electrons. The second-order valence-electron chi connectivity index (χ2n) is 10.7. The Balaban J connectivity index is 1.27. The van der Waals surface area contributed by atoms with Crippen LogP contribution in [0.15, 0.2) is 115 Å². The van der Waals surface area contributed by atoms with Crippen LogP contribution in [0.3, 0.4) is 0 Å². The molecular weight excluding hydrogens is 621 g/mol. The summed E-state index contributed by atoms with van der Waals surface area (Å²) in [6, 6.07) is 33.3. The monoisotopic (exact) mass is 659 g/mol. The molecule has 10 nitrogen and oxygen atoms in total. The van der Waals surface area contributed by atoms with Crippen LogP contribution in [-0.2, 0) is 65.7 Å². The van der Waals surface area contributed by atoms with Crippen LogP contribution in [0.25, 0.3) is 0 Å². The van der Waals surface area contributed by atoms with Crippen LogP contribution in [0.5, 0.6) is 0 Å². The van der Waals surface area contributed by atoms with Crippen molar-refractivity contribution in [1.82, 2.24) is 5.32 Å². The molecule has 0 aliphatic rings. The van der Waals surface area contributed by atoms with Gasteiger partial charge in [-0.15, -0.1) is 0 Å². The maximum absolute atomic E-state index is 13.0. The first-order valence-electron chi connectivity index (χ1n) is 15.2. The summed E-state index contributed by atoms with van der Waals surface area (Å²) in [6.45, 7) is -0.0235. The van der Waals surface area contributed by atoms with Crippen molar-refractivity contribution in [1.29, 1.82) is 0 Å². The molecule has 0 saturated carbocycles. The fourth-order valence-corrected chi connectivity index (χ4v) is 5.51. The van der Waals surface area contributed by atoms with Crippen molar-refractivity contribution in [3.63, 3.8) is 0 Å². The van der Waals surface area contributed by atoms with E-state index in [2.05, 4.69) is 5.32 Å². The normalized spacial score (nSPS) is 12.7. The Morgan fingerprint density at radius 1 is 0.638 bits per heavy atom. The SMILES string of the molecule is O=C(CCc1cccc(COP(=O)(O)CCC(NC(=O)OCc2ccccc2)C(=O)OCc2ccccc2)c1)OCc1ccccc1. The van der Waals surface area contributed by atoms with E-state index in [1.54, 1.807) is 66.7 Å². The predicted octanol–water partition coefficient (Wildman–Crippen LogP) is 6.49. The third kappa shape index (κ3) is 13.2. The molecule has 4 rings (SSSR count). The Morgan fingerprint density at radius 3 is 1.74 bits per heavy atom. The standard InChI is InChI=1S/C36H38NO9P/c38-34(43-24-29-11-4-1-5-12-29)20-19-28-17-10-18-32(23-28)27-46-47(41,42)22-21-33(35(39)44-25-30-13-6-2-7-14-30)37-36(40)45-26-31-15-8-3-9-16-31/h1-18,23,33H,19-22,24-27H2,(H,37,40)(H,41,42). The second kappa shape index (κ2) is 18.4. The van der Waals surface area contributed by atoms with Gasteiger partial charge in [0.15, 0.2) is 0 Å². The summed E-state index contributed by atoms with van der Waals surface area (Å²) in [5.41, 5.74) is 3.88. The van der Waals surface area contributed by atoms with Crippen LogP contribution in [0, 0.1) is 0 Å². The Kier molecular flexibility index (Phi) is 13.7. The van der Waals surface area contributed by atoms with Gasteiger partial charge in [0, 0.05) is 6.42 Å². The average molecular weight is 660 g/mol. The van der Waals surface area contributed by atoms with E-state index in [1.165, 1.54) is 0 Å². The number of carbonyl (C=O) groups is 3. The molecule has 0 fully saturated rings. The minimum Gasteiger partial charge on any atom is -0.461 e. The molecule has 47 heavy (non-hydrogen) atoms. The molecule has 2 N–H and O–H groups in total. The number of carbonyl (C=O) groups excluding carboxylic acids is 3. The largest absolute Gasteiger partial charge is 0.461 e. The highest BCUT2D eigenvalue weighted by Crippen LogP contribution is 2.43. The highest BCUT2D eigenvalue weighted by Gasteiger charge is 2.28. The number of alkyl carbamates (subject to hydrolysis) is 1. The second-order valence-corrected chi connectivity index (χ2v) is 12.7. The van der Waals surface area contributed by atoms with Crippen LogP contribution < -0.4 is 5.32 Å². The average Bonchev–Trinajstić information content (AvgIpc) is 3.10. The number of benzene rings is 4. The predicted molar refractivity (Wildman–Crippen MR) is 175 cm³/mol. The molecular formula is C36H38NO9P. The smallest absolute Gasteiger partial charge is 0.408 e. The minimum absolute atomic E-state index is 0.0198. The zero-order valence-electron chi connectivity index (χ0n) is 25.9. The molecule has 11 heteroatoms. The fourth-order valence-electron chi connectivity index (χ4n) is 4.45. The van der Waals surface area contributed by atoms with Gasteiger partial charge in [-0.2, -0.15) is 0 Å². The maximum Gasteiger partial charge on any atom is 0.408 e. The first-order chi connectivity index (χ1) is 22.8. The Hall–Kier alpha value is -4.76. The quantitative estimate of drug-likeness (QED) is 0.0740. The molecule has 0 spiro atoms. The van der Waals surface area contributed by atoms with Crippen LogP contribution >= 0.6 is 7.60 Å². The summed E-state index contributed by atoms with van der Waals surface area (Å²) < 4.78 is 34.3.